The van der Waals surface area contributed by atoms with Crippen LogP contribution in [0, 0.1) is 0 Å². The zero-order valence-electron chi connectivity index (χ0n) is 21.4. The van der Waals surface area contributed by atoms with Gasteiger partial charge in [-0.15, -0.1) is 0 Å². The molecular formula is C27H30N8O3. The van der Waals surface area contributed by atoms with Crippen molar-refractivity contribution in [2.75, 3.05) is 51.0 Å². The van der Waals surface area contributed by atoms with Gasteiger partial charge in [0.15, 0.2) is 28.5 Å². The first-order valence-electron chi connectivity index (χ1n) is 12.3. The van der Waals surface area contributed by atoms with Crippen molar-refractivity contribution < 1.29 is 14.3 Å². The van der Waals surface area contributed by atoms with Crippen LogP contribution >= 0.6 is 0 Å². The van der Waals surface area contributed by atoms with E-state index < -0.39 is 6.04 Å². The van der Waals surface area contributed by atoms with E-state index in [1.165, 1.54) is 0 Å². The molecule has 1 aliphatic rings. The van der Waals surface area contributed by atoms with Gasteiger partial charge in [0, 0.05) is 31.7 Å². The number of hydrogen-bond acceptors (Lipinski definition) is 10. The van der Waals surface area contributed by atoms with Crippen molar-refractivity contribution in [3.05, 3.63) is 60.3 Å². The highest BCUT2D eigenvalue weighted by molar-refractivity contribution is 5.86. The molecule has 11 nitrogen and oxygen atoms in total. The van der Waals surface area contributed by atoms with E-state index in [9.17, 15) is 4.79 Å². The molecule has 0 unspecified atom stereocenters. The summed E-state index contributed by atoms with van der Waals surface area (Å²) in [5.74, 6) is 1.85. The highest BCUT2D eigenvalue weighted by Gasteiger charge is 2.27. The Labute approximate surface area is 220 Å². The van der Waals surface area contributed by atoms with Crippen molar-refractivity contribution in [2.24, 2.45) is 5.73 Å². The molecule has 0 radical (unpaired) electrons. The summed E-state index contributed by atoms with van der Waals surface area (Å²) in [5.41, 5.74) is 15.7. The minimum atomic E-state index is -0.589. The standard InChI is InChI=1S/C27H30N8O3/c1-37-21-9-8-18(15-22(21)38-2)20-16-30-24-23(31-20)25(33-27(29)32-24)34-10-12-35(13-11-34)26(36)19(28)14-17-6-4-3-5-7-17/h3-9,15-16,19H,10-14,28H2,1-2H3,(H2,29,30,32,33)/t19-/m0/s1. The van der Waals surface area contributed by atoms with Crippen molar-refractivity contribution in [1.82, 2.24) is 24.8 Å². The van der Waals surface area contributed by atoms with Gasteiger partial charge in [0.05, 0.1) is 32.2 Å². The topological polar surface area (TPSA) is 146 Å². The molecule has 2 aromatic carbocycles. The van der Waals surface area contributed by atoms with E-state index in [-0.39, 0.29) is 11.9 Å². The Balaban J connectivity index is 1.36. The number of methoxy groups -OCH3 is 2. The van der Waals surface area contributed by atoms with E-state index in [0.717, 1.165) is 11.1 Å². The molecule has 3 heterocycles. The molecule has 4 aromatic rings. The number of aromatic nitrogens is 4. The van der Waals surface area contributed by atoms with Crippen molar-refractivity contribution in [1.29, 1.82) is 0 Å². The van der Waals surface area contributed by atoms with Crippen LogP contribution < -0.4 is 25.8 Å². The maximum atomic E-state index is 13.0. The Morgan fingerprint density at radius 2 is 1.71 bits per heavy atom. The zero-order valence-corrected chi connectivity index (χ0v) is 21.4. The molecule has 4 N–H and O–H groups in total. The molecule has 11 heteroatoms. The number of piperazine rings is 1. The number of nitrogen functional groups attached to an aromatic ring is 1. The zero-order chi connectivity index (χ0) is 26.6. The van der Waals surface area contributed by atoms with Crippen molar-refractivity contribution in [3.63, 3.8) is 0 Å². The number of fused-ring (bicyclic) bond motifs is 1. The van der Waals surface area contributed by atoms with Crippen LogP contribution in [0.5, 0.6) is 11.5 Å². The maximum Gasteiger partial charge on any atom is 0.239 e. The van der Waals surface area contributed by atoms with E-state index in [2.05, 4.69) is 19.9 Å². The normalized spacial score (nSPS) is 14.4. The van der Waals surface area contributed by atoms with Crippen molar-refractivity contribution in [2.45, 2.75) is 12.5 Å². The van der Waals surface area contributed by atoms with Crippen molar-refractivity contribution >= 4 is 28.8 Å². The number of anilines is 2. The van der Waals surface area contributed by atoms with E-state index in [4.69, 9.17) is 25.9 Å². The predicted molar refractivity (Wildman–Crippen MR) is 145 cm³/mol. The number of ether oxygens (including phenoxy) is 2. The summed E-state index contributed by atoms with van der Waals surface area (Å²) in [4.78, 5) is 35.0. The summed E-state index contributed by atoms with van der Waals surface area (Å²) in [5, 5.41) is 0. The molecule has 1 amide bonds. The Kier molecular flexibility index (Phi) is 7.18. The first kappa shape index (κ1) is 25.2. The lowest BCUT2D eigenvalue weighted by atomic mass is 10.1. The molecule has 1 fully saturated rings. The van der Waals surface area contributed by atoms with Gasteiger partial charge in [-0.05, 0) is 30.2 Å². The first-order chi connectivity index (χ1) is 18.5. The molecule has 0 saturated carbocycles. The third kappa shape index (κ3) is 5.14. The third-order valence-electron chi connectivity index (χ3n) is 6.59. The van der Waals surface area contributed by atoms with Crippen LogP contribution in [0.2, 0.25) is 0 Å². The van der Waals surface area contributed by atoms with E-state index in [1.54, 1.807) is 25.3 Å². The number of benzene rings is 2. The smallest absolute Gasteiger partial charge is 0.239 e. The predicted octanol–water partition coefficient (Wildman–Crippen LogP) is 1.90. The first-order valence-corrected chi connectivity index (χ1v) is 12.3. The van der Waals surface area contributed by atoms with Gasteiger partial charge in [-0.3, -0.25) is 4.79 Å². The lowest BCUT2D eigenvalue weighted by Gasteiger charge is -2.36. The average molecular weight is 515 g/mol. The van der Waals surface area contributed by atoms with Gasteiger partial charge in [-0.1, -0.05) is 30.3 Å². The van der Waals surface area contributed by atoms with E-state index in [1.807, 2.05) is 48.5 Å². The quantitative estimate of drug-likeness (QED) is 0.375. The summed E-state index contributed by atoms with van der Waals surface area (Å²) < 4.78 is 10.8. The summed E-state index contributed by atoms with van der Waals surface area (Å²) in [6, 6.07) is 14.8. The van der Waals surface area contributed by atoms with Crippen LogP contribution in [0.25, 0.3) is 22.4 Å². The highest BCUT2D eigenvalue weighted by Crippen LogP contribution is 2.32. The largest absolute Gasteiger partial charge is 0.493 e. The maximum absolute atomic E-state index is 13.0. The van der Waals surface area contributed by atoms with Gasteiger partial charge < -0.3 is 30.7 Å². The number of hydrogen-bond donors (Lipinski definition) is 2. The van der Waals surface area contributed by atoms with Gasteiger partial charge in [-0.2, -0.15) is 9.97 Å². The summed E-state index contributed by atoms with van der Waals surface area (Å²) in [7, 11) is 3.17. The Bertz CT molecular complexity index is 1440. The second-order valence-corrected chi connectivity index (χ2v) is 9.01. The number of carbonyl (C=O) groups is 1. The minimum Gasteiger partial charge on any atom is -0.493 e. The second-order valence-electron chi connectivity index (χ2n) is 9.01. The molecule has 2 aromatic heterocycles. The van der Waals surface area contributed by atoms with Crippen molar-refractivity contribution in [3.8, 4) is 22.8 Å². The van der Waals surface area contributed by atoms with Crippen LogP contribution in [0.15, 0.2) is 54.7 Å². The SMILES string of the molecule is COc1ccc(-c2cnc3nc(N)nc(N4CCN(C(=O)[C@@H](N)Cc5ccccc5)CC4)c3n2)cc1OC. The lowest BCUT2D eigenvalue weighted by Crippen LogP contribution is -2.54. The summed E-state index contributed by atoms with van der Waals surface area (Å²) in [6.07, 6.45) is 2.14. The van der Waals surface area contributed by atoms with Gasteiger partial charge in [-0.25, -0.2) is 9.97 Å². The third-order valence-corrected chi connectivity index (χ3v) is 6.59. The Hall–Kier alpha value is -4.51. The monoisotopic (exact) mass is 514 g/mol. The lowest BCUT2D eigenvalue weighted by molar-refractivity contribution is -0.132. The fourth-order valence-electron chi connectivity index (χ4n) is 4.59. The highest BCUT2D eigenvalue weighted by atomic mass is 16.5. The molecule has 0 spiro atoms. The number of rotatable bonds is 7. The molecule has 1 atom stereocenters. The Morgan fingerprint density at radius 1 is 0.974 bits per heavy atom. The van der Waals surface area contributed by atoms with Gasteiger partial charge in [0.25, 0.3) is 0 Å². The minimum absolute atomic E-state index is 0.0592. The number of carbonyl (C=O) groups excluding carboxylic acids is 1. The molecule has 0 aliphatic carbocycles. The molecule has 5 rings (SSSR count). The molecule has 196 valence electrons. The van der Waals surface area contributed by atoms with Crippen LogP contribution in [0.1, 0.15) is 5.56 Å². The van der Waals surface area contributed by atoms with Crippen LogP contribution in [0.3, 0.4) is 0 Å². The molecule has 0 bridgehead atoms. The van der Waals surface area contributed by atoms with Gasteiger partial charge in [0.2, 0.25) is 11.9 Å². The number of amides is 1. The fourth-order valence-corrected chi connectivity index (χ4v) is 4.59. The van der Waals surface area contributed by atoms with E-state index >= 15 is 0 Å². The number of nitrogens with zero attached hydrogens (tertiary/aromatic N) is 6. The van der Waals surface area contributed by atoms with Crippen LogP contribution in [-0.2, 0) is 11.2 Å². The molecule has 38 heavy (non-hydrogen) atoms. The molecule has 1 saturated heterocycles. The summed E-state index contributed by atoms with van der Waals surface area (Å²) in [6.45, 7) is 2.13. The van der Waals surface area contributed by atoms with Gasteiger partial charge in [0.1, 0.15) is 0 Å². The second kappa shape index (κ2) is 10.9. The average Bonchev–Trinajstić information content (AvgIpc) is 2.96. The van der Waals surface area contributed by atoms with Crippen LogP contribution in [-0.4, -0.2) is 77.2 Å². The fraction of sp³-hybridized carbons (Fsp3) is 0.296. The molecular weight excluding hydrogens is 484 g/mol. The molecule has 1 aliphatic heterocycles. The number of nitrogens with two attached hydrogens (primary N) is 2. The Morgan fingerprint density at radius 3 is 2.42 bits per heavy atom. The van der Waals surface area contributed by atoms with Crippen LogP contribution in [0.4, 0.5) is 11.8 Å². The van der Waals surface area contributed by atoms with Gasteiger partial charge >= 0.3 is 0 Å². The van der Waals surface area contributed by atoms with E-state index in [0.29, 0.717) is 66.8 Å². The summed E-state index contributed by atoms with van der Waals surface area (Å²) >= 11 is 0.